The van der Waals surface area contributed by atoms with Gasteiger partial charge in [0.15, 0.2) is 0 Å². The monoisotopic (exact) mass is 426 g/mol. The van der Waals surface area contributed by atoms with Gasteiger partial charge < -0.3 is 19.8 Å². The number of amides is 1. The average Bonchev–Trinajstić information content (AvgIpc) is 2.79. The van der Waals surface area contributed by atoms with Crippen molar-refractivity contribution < 1.29 is 24.5 Å². The van der Waals surface area contributed by atoms with Crippen LogP contribution >= 0.6 is 0 Å². The normalized spacial score (nSPS) is 19.8. The molecule has 0 radical (unpaired) electrons. The summed E-state index contributed by atoms with van der Waals surface area (Å²) in [5.74, 6) is -0.565. The van der Waals surface area contributed by atoms with Gasteiger partial charge in [-0.15, -0.1) is 0 Å². The zero-order valence-corrected chi connectivity index (χ0v) is 17.8. The van der Waals surface area contributed by atoms with E-state index in [2.05, 4.69) is 4.90 Å². The molecular weight excluding hydrogens is 396 g/mol. The number of hydrogen-bond donors (Lipinski definition) is 2. The molecule has 1 heterocycles. The summed E-state index contributed by atoms with van der Waals surface area (Å²) in [6, 6.07) is 19.9. The lowest BCUT2D eigenvalue weighted by atomic mass is 9.74. The quantitative estimate of drug-likeness (QED) is 0.631. The number of carbonyl (C=O) groups is 2. The first-order valence-corrected chi connectivity index (χ1v) is 10.5. The summed E-state index contributed by atoms with van der Waals surface area (Å²) in [6.07, 6.45) is -1.29. The summed E-state index contributed by atoms with van der Waals surface area (Å²) in [5, 5.41) is 20.7. The molecule has 2 aromatic rings. The van der Waals surface area contributed by atoms with E-state index in [1.807, 2.05) is 60.7 Å². The van der Waals surface area contributed by atoms with Gasteiger partial charge >= 0.3 is 12.1 Å². The van der Waals surface area contributed by atoms with Crippen LogP contribution in [0.15, 0.2) is 60.7 Å². The third kappa shape index (κ3) is 5.62. The van der Waals surface area contributed by atoms with E-state index in [0.717, 1.165) is 11.1 Å². The van der Waals surface area contributed by atoms with E-state index in [0.29, 0.717) is 32.5 Å². The van der Waals surface area contributed by atoms with Crippen LogP contribution in [0.25, 0.3) is 0 Å². The highest BCUT2D eigenvalue weighted by Crippen LogP contribution is 2.36. The van der Waals surface area contributed by atoms with E-state index >= 15 is 0 Å². The molecule has 31 heavy (non-hydrogen) atoms. The average molecular weight is 427 g/mol. The molecule has 7 heteroatoms. The first-order chi connectivity index (χ1) is 14.9. The molecule has 7 nitrogen and oxygen atoms in total. The number of likely N-dealkylation sites (tertiary alicyclic amines) is 1. The van der Waals surface area contributed by atoms with Gasteiger partial charge in [0, 0.05) is 32.7 Å². The molecule has 2 unspecified atom stereocenters. The molecule has 1 fully saturated rings. The van der Waals surface area contributed by atoms with Gasteiger partial charge in [-0.05, 0) is 24.0 Å². The number of piperidine rings is 1. The largest absolute Gasteiger partial charge is 0.468 e. The molecule has 0 saturated carbocycles. The maximum Gasteiger partial charge on any atom is 0.407 e. The SMILES string of the molecule is COC(=O)C1(C(O)CN(Cc2ccccc2)Cc2ccccc2)CCCN(C(=O)O)C1. The number of rotatable bonds is 8. The molecule has 166 valence electrons. The summed E-state index contributed by atoms with van der Waals surface area (Å²) in [7, 11) is 1.28. The van der Waals surface area contributed by atoms with E-state index in [-0.39, 0.29) is 13.1 Å². The first-order valence-electron chi connectivity index (χ1n) is 10.5. The molecule has 1 saturated heterocycles. The van der Waals surface area contributed by atoms with Crippen molar-refractivity contribution in [2.75, 3.05) is 26.7 Å². The van der Waals surface area contributed by atoms with Crippen molar-refractivity contribution in [1.82, 2.24) is 9.80 Å². The third-order valence-corrected chi connectivity index (χ3v) is 5.95. The summed E-state index contributed by atoms with van der Waals surface area (Å²) < 4.78 is 5.02. The van der Waals surface area contributed by atoms with Gasteiger partial charge in [0.1, 0.15) is 5.41 Å². The minimum Gasteiger partial charge on any atom is -0.468 e. The predicted octanol–water partition coefficient (Wildman–Crippen LogP) is 2.98. The standard InChI is InChI=1S/C24H30N2O5/c1-31-22(28)24(13-8-14-26(18-24)23(29)30)21(27)17-25(15-19-9-4-2-5-10-19)16-20-11-6-3-7-12-20/h2-7,9-12,21,27H,8,13-18H2,1H3,(H,29,30). The van der Waals surface area contributed by atoms with Gasteiger partial charge in [0.2, 0.25) is 0 Å². The van der Waals surface area contributed by atoms with Gasteiger partial charge in [-0.1, -0.05) is 60.7 Å². The summed E-state index contributed by atoms with van der Waals surface area (Å²) in [5.41, 5.74) is 0.902. The van der Waals surface area contributed by atoms with Crippen LogP contribution in [-0.2, 0) is 22.6 Å². The molecule has 0 aliphatic carbocycles. The molecule has 2 aromatic carbocycles. The summed E-state index contributed by atoms with van der Waals surface area (Å²) >= 11 is 0. The molecule has 1 aliphatic rings. The van der Waals surface area contributed by atoms with E-state index in [9.17, 15) is 19.8 Å². The number of benzene rings is 2. The lowest BCUT2D eigenvalue weighted by molar-refractivity contribution is -0.166. The number of carboxylic acid groups (broad SMARTS) is 1. The van der Waals surface area contributed by atoms with Crippen LogP contribution in [0.4, 0.5) is 4.79 Å². The number of esters is 1. The van der Waals surface area contributed by atoms with E-state index in [1.165, 1.54) is 12.0 Å². The molecule has 1 aliphatic heterocycles. The maximum atomic E-state index is 12.8. The topological polar surface area (TPSA) is 90.3 Å². The Morgan fingerprint density at radius 1 is 1.06 bits per heavy atom. The van der Waals surface area contributed by atoms with E-state index in [1.54, 1.807) is 0 Å². The van der Waals surface area contributed by atoms with Crippen molar-refractivity contribution >= 4 is 12.1 Å². The molecular formula is C24H30N2O5. The fourth-order valence-electron chi connectivity index (χ4n) is 4.31. The van der Waals surface area contributed by atoms with Gasteiger partial charge in [-0.2, -0.15) is 0 Å². The second-order valence-electron chi connectivity index (χ2n) is 8.11. The number of carbonyl (C=O) groups excluding carboxylic acids is 1. The molecule has 2 N–H and O–H groups in total. The van der Waals surface area contributed by atoms with Gasteiger partial charge in [-0.25, -0.2) is 4.79 Å². The van der Waals surface area contributed by atoms with Crippen LogP contribution in [0.5, 0.6) is 0 Å². The Labute approximate surface area is 182 Å². The molecule has 0 aromatic heterocycles. The van der Waals surface area contributed by atoms with Crippen molar-refractivity contribution in [2.24, 2.45) is 5.41 Å². The Morgan fingerprint density at radius 3 is 2.10 bits per heavy atom. The zero-order valence-electron chi connectivity index (χ0n) is 17.8. The number of aliphatic hydroxyl groups excluding tert-OH is 1. The highest BCUT2D eigenvalue weighted by atomic mass is 16.5. The van der Waals surface area contributed by atoms with Crippen LogP contribution < -0.4 is 0 Å². The highest BCUT2D eigenvalue weighted by molar-refractivity contribution is 5.79. The Kier molecular flexibility index (Phi) is 7.65. The number of aliphatic hydroxyl groups is 1. The van der Waals surface area contributed by atoms with Gasteiger partial charge in [0.25, 0.3) is 0 Å². The van der Waals surface area contributed by atoms with Crippen molar-refractivity contribution in [2.45, 2.75) is 32.0 Å². The predicted molar refractivity (Wildman–Crippen MR) is 116 cm³/mol. The third-order valence-electron chi connectivity index (χ3n) is 5.95. The lowest BCUT2D eigenvalue weighted by Gasteiger charge is -2.43. The Balaban J connectivity index is 1.84. The fraction of sp³-hybridized carbons (Fsp3) is 0.417. The number of methoxy groups -OCH3 is 1. The number of ether oxygens (including phenoxy) is 1. The van der Waals surface area contributed by atoms with Crippen molar-refractivity contribution in [1.29, 1.82) is 0 Å². The molecule has 3 rings (SSSR count). The molecule has 1 amide bonds. The van der Waals surface area contributed by atoms with Crippen LogP contribution in [0.1, 0.15) is 24.0 Å². The van der Waals surface area contributed by atoms with Gasteiger partial charge in [0.05, 0.1) is 13.2 Å². The van der Waals surface area contributed by atoms with Crippen molar-refractivity contribution in [3.8, 4) is 0 Å². The van der Waals surface area contributed by atoms with E-state index < -0.39 is 23.6 Å². The molecule has 0 spiro atoms. The van der Waals surface area contributed by atoms with Crippen molar-refractivity contribution in [3.63, 3.8) is 0 Å². The van der Waals surface area contributed by atoms with Crippen LogP contribution in [-0.4, -0.2) is 64.9 Å². The molecule has 0 bridgehead atoms. The minimum absolute atomic E-state index is 0.0688. The Hall–Kier alpha value is -2.90. The van der Waals surface area contributed by atoms with Crippen LogP contribution in [0, 0.1) is 5.41 Å². The second-order valence-corrected chi connectivity index (χ2v) is 8.11. The maximum absolute atomic E-state index is 12.8. The number of hydrogen-bond acceptors (Lipinski definition) is 5. The first kappa shape index (κ1) is 22.8. The minimum atomic E-state index is -1.28. The number of nitrogens with zero attached hydrogens (tertiary/aromatic N) is 2. The van der Waals surface area contributed by atoms with E-state index in [4.69, 9.17) is 4.74 Å². The van der Waals surface area contributed by atoms with Gasteiger partial charge in [-0.3, -0.25) is 9.69 Å². The zero-order chi connectivity index (χ0) is 22.3. The summed E-state index contributed by atoms with van der Waals surface area (Å²) in [6.45, 7) is 1.67. The smallest absolute Gasteiger partial charge is 0.407 e. The highest BCUT2D eigenvalue weighted by Gasteiger charge is 2.50. The Morgan fingerprint density at radius 2 is 1.61 bits per heavy atom. The van der Waals surface area contributed by atoms with Crippen LogP contribution in [0.2, 0.25) is 0 Å². The molecule has 2 atom stereocenters. The van der Waals surface area contributed by atoms with Crippen LogP contribution in [0.3, 0.4) is 0 Å². The fourth-order valence-corrected chi connectivity index (χ4v) is 4.31. The second kappa shape index (κ2) is 10.4. The summed E-state index contributed by atoms with van der Waals surface area (Å²) in [4.78, 5) is 27.6. The Bertz CT molecular complexity index is 819. The van der Waals surface area contributed by atoms with Crippen molar-refractivity contribution in [3.05, 3.63) is 71.8 Å². The lowest BCUT2D eigenvalue weighted by Crippen LogP contribution is -2.58.